The topological polar surface area (TPSA) is 316 Å². The van der Waals surface area contributed by atoms with E-state index >= 15 is 0 Å². The maximum Gasteiger partial charge on any atom is 0.326 e. The highest BCUT2D eigenvalue weighted by Crippen LogP contribution is 2.31. The van der Waals surface area contributed by atoms with E-state index in [1.54, 1.807) is 25.7 Å². The van der Waals surface area contributed by atoms with Crippen LogP contribution in [0.4, 0.5) is 8.78 Å². The van der Waals surface area contributed by atoms with Crippen LogP contribution in [0.3, 0.4) is 0 Å². The summed E-state index contributed by atoms with van der Waals surface area (Å²) < 4.78 is 33.2. The van der Waals surface area contributed by atoms with Crippen molar-refractivity contribution in [2.24, 2.45) is 0 Å². The number of nitrogens with zero attached hydrogens (tertiary/aromatic N) is 7. The number of rotatable bonds is 21. The summed E-state index contributed by atoms with van der Waals surface area (Å²) in [6, 6.07) is 4.76. The molecule has 23 nitrogen and oxygen atoms in total. The molecular weight excluding hydrogens is 879 g/mol. The van der Waals surface area contributed by atoms with E-state index in [0.29, 0.717) is 11.9 Å². The minimum atomic E-state index is -3.22. The van der Waals surface area contributed by atoms with Gasteiger partial charge in [-0.2, -0.15) is 5.26 Å². The van der Waals surface area contributed by atoms with E-state index in [1.807, 2.05) is 0 Å². The molecule has 0 bridgehead atoms. The standard InChI is InChI=1S/C41H54F2N10O13/c42-41(43)18-27(19-44)53(26-41)35(56)20-47-39(63)29-6-8-45-31-5-4-28(17-30(29)31)66-25-34(55)48-32(40(64)65)3-1-2-7-46-33(54)21-49-9-11-50(22-36(57)58)13-15-52(24-38(61)62)16-14-51(12-10-49)23-37(59)60/h4-6,8,17,27,32H,1-3,7,9-16,18,20-26H2,(H,46,54)(H,47,63)(H,48,55)(H,57,58)(H,59,60)(H,61,62)(H,64,65)/t27-,32?/m0/s1. The Morgan fingerprint density at radius 3 is 1.88 bits per heavy atom. The van der Waals surface area contributed by atoms with Gasteiger partial charge in [-0.05, 0) is 43.5 Å². The van der Waals surface area contributed by atoms with Gasteiger partial charge in [0.25, 0.3) is 17.7 Å². The van der Waals surface area contributed by atoms with Gasteiger partial charge in [-0.3, -0.25) is 58.1 Å². The molecule has 7 N–H and O–H groups in total. The van der Waals surface area contributed by atoms with Gasteiger partial charge in [0.05, 0.1) is 56.4 Å². The Bertz CT molecular complexity index is 2090. The number of hydrogen-bond acceptors (Lipinski definition) is 15. The van der Waals surface area contributed by atoms with Gasteiger partial charge in [0.15, 0.2) is 6.61 Å². The summed E-state index contributed by atoms with van der Waals surface area (Å²) in [5.74, 6) is -10.4. The second-order valence-corrected chi connectivity index (χ2v) is 15.8. The van der Waals surface area contributed by atoms with Gasteiger partial charge in [-0.25, -0.2) is 13.6 Å². The number of carboxylic acid groups (broad SMARTS) is 4. The average molecular weight is 933 g/mol. The molecule has 3 heterocycles. The smallest absolute Gasteiger partial charge is 0.326 e. The number of unbranched alkanes of at least 4 members (excludes halogenated alkanes) is 1. The zero-order chi connectivity index (χ0) is 48.4. The lowest BCUT2D eigenvalue weighted by Crippen LogP contribution is -2.49. The molecule has 66 heavy (non-hydrogen) atoms. The number of hydrogen-bond donors (Lipinski definition) is 7. The predicted octanol–water partition coefficient (Wildman–Crippen LogP) is -1.57. The summed E-state index contributed by atoms with van der Waals surface area (Å²) in [5, 5.41) is 55.0. The molecule has 0 saturated carbocycles. The summed E-state index contributed by atoms with van der Waals surface area (Å²) in [4.78, 5) is 109. The molecule has 2 aromatic rings. The Labute approximate surface area is 377 Å². The largest absolute Gasteiger partial charge is 0.484 e. The average Bonchev–Trinajstić information content (AvgIpc) is 3.58. The fraction of sp³-hybridized carbons (Fsp3) is 0.561. The Morgan fingerprint density at radius 1 is 0.788 bits per heavy atom. The summed E-state index contributed by atoms with van der Waals surface area (Å²) >= 11 is 0. The van der Waals surface area contributed by atoms with Crippen molar-refractivity contribution in [3.8, 4) is 11.8 Å². The molecule has 1 unspecified atom stereocenters. The van der Waals surface area contributed by atoms with Crippen LogP contribution in [-0.2, 0) is 33.6 Å². The summed E-state index contributed by atoms with van der Waals surface area (Å²) in [7, 11) is 0. The quantitative estimate of drug-likeness (QED) is 0.0696. The van der Waals surface area contributed by atoms with Crippen molar-refractivity contribution < 1.29 is 72.3 Å². The normalized spacial score (nSPS) is 18.2. The molecular formula is C41H54F2N10O13. The number of pyridine rings is 1. The number of nitriles is 1. The number of ether oxygens (including phenoxy) is 1. The molecule has 0 spiro atoms. The molecule has 0 radical (unpaired) electrons. The molecule has 4 amide bonds. The molecule has 2 saturated heterocycles. The van der Waals surface area contributed by atoms with E-state index in [0.717, 1.165) is 4.90 Å². The van der Waals surface area contributed by atoms with Gasteiger partial charge in [-0.15, -0.1) is 0 Å². The Kier molecular flexibility index (Phi) is 19.8. The minimum Gasteiger partial charge on any atom is -0.484 e. The van der Waals surface area contributed by atoms with Gasteiger partial charge in [0.1, 0.15) is 17.8 Å². The second kappa shape index (κ2) is 25.2. The number of carbonyl (C=O) groups is 8. The number of carbonyl (C=O) groups excluding carboxylic acids is 4. The molecule has 4 rings (SSSR count). The van der Waals surface area contributed by atoms with Gasteiger partial charge >= 0.3 is 23.9 Å². The van der Waals surface area contributed by atoms with Crippen molar-refractivity contribution in [2.45, 2.75) is 43.7 Å². The first-order chi connectivity index (χ1) is 31.3. The lowest BCUT2D eigenvalue weighted by Gasteiger charge is -2.32. The molecule has 0 aliphatic carbocycles. The van der Waals surface area contributed by atoms with E-state index in [4.69, 9.17) is 4.74 Å². The molecule has 25 heteroatoms. The summed E-state index contributed by atoms with van der Waals surface area (Å²) in [5.41, 5.74) is 0.387. The summed E-state index contributed by atoms with van der Waals surface area (Å²) in [6.45, 7) is -1.16. The van der Waals surface area contributed by atoms with Crippen LogP contribution in [0.1, 0.15) is 36.0 Å². The summed E-state index contributed by atoms with van der Waals surface area (Å²) in [6.07, 6.45) is 1.17. The monoisotopic (exact) mass is 932 g/mol. The third kappa shape index (κ3) is 17.4. The predicted molar refractivity (Wildman–Crippen MR) is 225 cm³/mol. The van der Waals surface area contributed by atoms with E-state index < -0.39 is 85.7 Å². The van der Waals surface area contributed by atoms with Crippen molar-refractivity contribution in [2.75, 3.05) is 105 Å². The number of fused-ring (bicyclic) bond motifs is 1. The highest BCUT2D eigenvalue weighted by atomic mass is 19.3. The number of halogens is 2. The Morgan fingerprint density at radius 2 is 1.35 bits per heavy atom. The van der Waals surface area contributed by atoms with E-state index in [-0.39, 0.29) is 121 Å². The van der Waals surface area contributed by atoms with Gasteiger partial charge in [0.2, 0.25) is 11.8 Å². The van der Waals surface area contributed by atoms with Crippen LogP contribution in [-0.4, -0.2) is 220 Å². The number of likely N-dealkylation sites (tertiary alicyclic amines) is 1. The number of benzene rings is 1. The van der Waals surface area contributed by atoms with E-state index in [1.165, 1.54) is 30.5 Å². The lowest BCUT2D eigenvalue weighted by atomic mass is 10.1. The van der Waals surface area contributed by atoms with Crippen LogP contribution in [0.2, 0.25) is 0 Å². The highest BCUT2D eigenvalue weighted by Gasteiger charge is 2.47. The molecule has 2 atom stereocenters. The van der Waals surface area contributed by atoms with Gasteiger partial charge in [-0.1, -0.05) is 0 Å². The zero-order valence-electron chi connectivity index (χ0n) is 36.0. The number of carboxylic acids is 4. The third-order valence-electron chi connectivity index (χ3n) is 10.7. The van der Waals surface area contributed by atoms with Crippen LogP contribution < -0.4 is 20.7 Å². The third-order valence-corrected chi connectivity index (χ3v) is 10.7. The molecule has 2 aliphatic heterocycles. The first-order valence-electron chi connectivity index (χ1n) is 21.0. The number of aliphatic carboxylic acids is 4. The highest BCUT2D eigenvalue weighted by molar-refractivity contribution is 6.07. The molecule has 1 aromatic heterocycles. The first kappa shape index (κ1) is 52.0. The SMILES string of the molecule is N#C[C@@H]1CC(F)(F)CN1C(=O)CNC(=O)c1ccnc2ccc(OCC(=O)NC(CCCCNC(=O)CN3CCN(CC(=O)O)CCN(CC(=O)O)CCN(CC(=O)O)CC3)C(=O)O)cc12. The van der Waals surface area contributed by atoms with E-state index in [2.05, 4.69) is 20.9 Å². The molecule has 2 fully saturated rings. The zero-order valence-corrected chi connectivity index (χ0v) is 36.0. The number of aromatic nitrogens is 1. The van der Waals surface area contributed by atoms with Crippen molar-refractivity contribution in [3.63, 3.8) is 0 Å². The fourth-order valence-corrected chi connectivity index (χ4v) is 7.35. The number of alkyl halides is 2. The molecule has 2 aliphatic rings. The van der Waals surface area contributed by atoms with E-state index in [9.17, 15) is 72.8 Å². The van der Waals surface area contributed by atoms with Crippen molar-refractivity contribution in [1.29, 1.82) is 5.26 Å². The Balaban J connectivity index is 1.24. The van der Waals surface area contributed by atoms with Gasteiger partial charge in [0, 0.05) is 76.9 Å². The van der Waals surface area contributed by atoms with Crippen molar-refractivity contribution in [3.05, 3.63) is 36.0 Å². The number of amides is 4. The maximum atomic E-state index is 13.8. The molecule has 360 valence electrons. The van der Waals surface area contributed by atoms with Crippen molar-refractivity contribution in [1.82, 2.24) is 45.4 Å². The van der Waals surface area contributed by atoms with Gasteiger partial charge < -0.3 is 46.0 Å². The maximum absolute atomic E-state index is 13.8. The van der Waals surface area contributed by atoms with Crippen LogP contribution in [0.15, 0.2) is 30.5 Å². The number of nitrogens with one attached hydrogen (secondary N) is 3. The van der Waals surface area contributed by atoms with Crippen LogP contribution >= 0.6 is 0 Å². The minimum absolute atomic E-state index is 0.00571. The van der Waals surface area contributed by atoms with Crippen LogP contribution in [0.25, 0.3) is 10.9 Å². The molecule has 1 aromatic carbocycles. The Hall–Kier alpha value is -6.62. The second-order valence-electron chi connectivity index (χ2n) is 15.8. The van der Waals surface area contributed by atoms with Crippen LogP contribution in [0.5, 0.6) is 5.75 Å². The van der Waals surface area contributed by atoms with Crippen molar-refractivity contribution >= 4 is 58.4 Å². The lowest BCUT2D eigenvalue weighted by molar-refractivity contribution is -0.142. The fourth-order valence-electron chi connectivity index (χ4n) is 7.35. The first-order valence-corrected chi connectivity index (χ1v) is 21.0. The van der Waals surface area contributed by atoms with Crippen LogP contribution in [0, 0.1) is 11.3 Å².